The van der Waals surface area contributed by atoms with Crippen molar-refractivity contribution in [3.63, 3.8) is 0 Å². The van der Waals surface area contributed by atoms with Crippen molar-refractivity contribution in [2.24, 2.45) is 9.55 Å². The molecule has 2 heterocycles. The number of allylic oxidation sites excluding steroid dienone is 6. The molecule has 1 radical (unpaired) electrons. The van der Waals surface area contributed by atoms with E-state index in [9.17, 15) is 0 Å². The zero-order chi connectivity index (χ0) is 9.64. The summed E-state index contributed by atoms with van der Waals surface area (Å²) in [6.45, 7) is 0. The van der Waals surface area contributed by atoms with Crippen molar-refractivity contribution in [3.8, 4) is 0 Å². The first-order chi connectivity index (χ1) is 6.97. The minimum atomic E-state index is 0.811. The van der Waals surface area contributed by atoms with E-state index in [0.717, 1.165) is 11.3 Å². The van der Waals surface area contributed by atoms with Gasteiger partial charge in [-0.2, -0.15) is 0 Å². The van der Waals surface area contributed by atoms with Gasteiger partial charge >= 0.3 is 0 Å². The summed E-state index contributed by atoms with van der Waals surface area (Å²) in [6.07, 6.45) is 13.6. The van der Waals surface area contributed by atoms with Crippen molar-refractivity contribution in [1.29, 1.82) is 0 Å². The summed E-state index contributed by atoms with van der Waals surface area (Å²) in [4.78, 5) is 4.73. The molecule has 4 heteroatoms. The lowest BCUT2D eigenvalue weighted by atomic mass is 10.1. The van der Waals surface area contributed by atoms with E-state index in [-0.39, 0.29) is 0 Å². The maximum absolute atomic E-state index is 4.73. The van der Waals surface area contributed by atoms with E-state index in [2.05, 4.69) is 15.8 Å². The van der Waals surface area contributed by atoms with Crippen molar-refractivity contribution in [2.45, 2.75) is 0 Å². The Bertz CT molecular complexity index is 389. The number of nitrogens with zero attached hydrogens (tertiary/aromatic N) is 2. The van der Waals surface area contributed by atoms with Crippen LogP contribution in [0.1, 0.15) is 0 Å². The molecule has 0 aromatic carbocycles. The second-order valence-electron chi connectivity index (χ2n) is 2.49. The first-order valence-corrected chi connectivity index (χ1v) is 4.86. The van der Waals surface area contributed by atoms with Gasteiger partial charge in [0.25, 0.3) is 0 Å². The quantitative estimate of drug-likeness (QED) is 0.613. The largest absolute Gasteiger partial charge is 0.364 e. The van der Waals surface area contributed by atoms with Gasteiger partial charge in [0.15, 0.2) is 0 Å². The molecular weight excluding hydrogens is 196 g/mol. The molecule has 0 saturated carbocycles. The van der Waals surface area contributed by atoms with Crippen LogP contribution in [0.2, 0.25) is 0 Å². The first kappa shape index (κ1) is 9.02. The molecule has 2 aliphatic rings. The van der Waals surface area contributed by atoms with E-state index in [4.69, 9.17) is 4.84 Å². The second-order valence-corrected chi connectivity index (χ2v) is 3.15. The Balaban J connectivity index is 2.26. The van der Waals surface area contributed by atoms with Crippen LogP contribution in [0.15, 0.2) is 57.2 Å². The lowest BCUT2D eigenvalue weighted by Crippen LogP contribution is -1.99. The molecule has 0 bridgehead atoms. The summed E-state index contributed by atoms with van der Waals surface area (Å²) in [5.41, 5.74) is 1.64. The Morgan fingerprint density at radius 2 is 2.29 bits per heavy atom. The average molecular weight is 203 g/mol. The van der Waals surface area contributed by atoms with Crippen molar-refractivity contribution in [3.05, 3.63) is 47.6 Å². The monoisotopic (exact) mass is 203 g/mol. The van der Waals surface area contributed by atoms with Crippen LogP contribution in [0.5, 0.6) is 0 Å². The Morgan fingerprint density at radius 3 is 3.29 bits per heavy atom. The van der Waals surface area contributed by atoms with Crippen molar-refractivity contribution < 1.29 is 4.84 Å². The van der Waals surface area contributed by atoms with Crippen LogP contribution in [0.25, 0.3) is 0 Å². The topological polar surface area (TPSA) is 34.0 Å². The third-order valence-electron chi connectivity index (χ3n) is 1.55. The Kier molecular flexibility index (Phi) is 2.98. The van der Waals surface area contributed by atoms with Gasteiger partial charge in [-0.15, -0.1) is 0 Å². The predicted molar refractivity (Wildman–Crippen MR) is 59.0 cm³/mol. The predicted octanol–water partition coefficient (Wildman–Crippen LogP) is 2.49. The molecule has 3 nitrogen and oxygen atoms in total. The van der Waals surface area contributed by atoms with Gasteiger partial charge in [0.1, 0.15) is 12.5 Å². The van der Waals surface area contributed by atoms with E-state index >= 15 is 0 Å². The van der Waals surface area contributed by atoms with Gasteiger partial charge in [-0.1, -0.05) is 17.3 Å². The molecule has 0 saturated heterocycles. The molecule has 0 atom stereocenters. The molecule has 0 amide bonds. The molecule has 0 unspecified atom stereocenters. The summed E-state index contributed by atoms with van der Waals surface area (Å²) in [6, 6.07) is 0. The van der Waals surface area contributed by atoms with Gasteiger partial charge in [0.2, 0.25) is 0 Å². The fourth-order valence-electron chi connectivity index (χ4n) is 0.940. The van der Waals surface area contributed by atoms with E-state index in [1.165, 1.54) is 18.2 Å². The minimum Gasteiger partial charge on any atom is -0.364 e. The highest BCUT2D eigenvalue weighted by molar-refractivity contribution is 8.01. The zero-order valence-corrected chi connectivity index (χ0v) is 8.07. The average Bonchev–Trinajstić information content (AvgIpc) is 2.62. The zero-order valence-electron chi connectivity index (χ0n) is 7.25. The summed E-state index contributed by atoms with van der Waals surface area (Å²) >= 11 is 1.38. The molecular formula is C10H7N2OS. The maximum Gasteiger partial charge on any atom is 0.142 e. The van der Waals surface area contributed by atoms with Crippen molar-refractivity contribution in [1.82, 2.24) is 0 Å². The minimum absolute atomic E-state index is 0.811. The smallest absolute Gasteiger partial charge is 0.142 e. The number of hydrogen-bond acceptors (Lipinski definition) is 4. The molecule has 0 aliphatic carbocycles. The van der Waals surface area contributed by atoms with Gasteiger partial charge in [-0.05, 0) is 23.6 Å². The molecule has 0 aromatic heterocycles. The maximum atomic E-state index is 4.73. The van der Waals surface area contributed by atoms with Crippen LogP contribution in [0, 0.1) is 0 Å². The third kappa shape index (κ3) is 2.23. The van der Waals surface area contributed by atoms with Gasteiger partial charge < -0.3 is 4.84 Å². The Hall–Kier alpha value is -1.55. The van der Waals surface area contributed by atoms with E-state index in [1.54, 1.807) is 6.08 Å². The molecule has 0 spiro atoms. The fourth-order valence-corrected chi connectivity index (χ4v) is 1.43. The summed E-state index contributed by atoms with van der Waals surface area (Å²) in [5.74, 6) is 0. The van der Waals surface area contributed by atoms with E-state index < -0.39 is 0 Å². The van der Waals surface area contributed by atoms with Crippen molar-refractivity contribution in [2.75, 3.05) is 0 Å². The summed E-state index contributed by atoms with van der Waals surface area (Å²) in [5, 5.41) is 5.52. The fraction of sp³-hybridized carbons (Fsp3) is 0. The standard InChI is InChI=1S/C10H7N2OS/c1-2-7-14-12-10(5-1)9-4-3-6-13-11-8-9/h1-7H. The number of hydrogen-bond donors (Lipinski definition) is 0. The van der Waals surface area contributed by atoms with Crippen LogP contribution in [0.3, 0.4) is 0 Å². The molecule has 2 rings (SSSR count). The molecule has 0 fully saturated rings. The first-order valence-electron chi connectivity index (χ1n) is 4.03. The highest BCUT2D eigenvalue weighted by Gasteiger charge is 2.04. The molecule has 69 valence electrons. The Labute approximate surface area is 86.4 Å². The molecule has 0 aromatic rings. The van der Waals surface area contributed by atoms with E-state index in [0.29, 0.717) is 0 Å². The molecule has 0 N–H and O–H groups in total. The van der Waals surface area contributed by atoms with Crippen LogP contribution in [-0.4, -0.2) is 11.9 Å². The lowest BCUT2D eigenvalue weighted by Gasteiger charge is -1.96. The van der Waals surface area contributed by atoms with Crippen LogP contribution in [0.4, 0.5) is 0 Å². The van der Waals surface area contributed by atoms with Crippen molar-refractivity contribution >= 4 is 23.9 Å². The molecule has 14 heavy (non-hydrogen) atoms. The van der Waals surface area contributed by atoms with E-state index in [1.807, 2.05) is 29.7 Å². The van der Waals surface area contributed by atoms with Gasteiger partial charge in [0.05, 0.1) is 5.71 Å². The molecule has 2 aliphatic heterocycles. The highest BCUT2D eigenvalue weighted by Crippen LogP contribution is 2.13. The SMILES string of the molecule is [C]1=NOC=CC=C1C1=NSC=CC=C1. The van der Waals surface area contributed by atoms with Gasteiger partial charge in [-0.25, -0.2) is 4.40 Å². The van der Waals surface area contributed by atoms with Crippen LogP contribution >= 0.6 is 11.9 Å². The highest BCUT2D eigenvalue weighted by atomic mass is 32.2. The third-order valence-corrected chi connectivity index (χ3v) is 2.13. The Morgan fingerprint density at radius 1 is 1.29 bits per heavy atom. The van der Waals surface area contributed by atoms with Gasteiger partial charge in [-0.3, -0.25) is 0 Å². The lowest BCUT2D eigenvalue weighted by molar-refractivity contribution is 0.271. The van der Waals surface area contributed by atoms with Crippen LogP contribution < -0.4 is 0 Å². The second kappa shape index (κ2) is 4.62. The summed E-state index contributed by atoms with van der Waals surface area (Å²) in [7, 11) is 0. The number of rotatable bonds is 1. The summed E-state index contributed by atoms with van der Waals surface area (Å²) < 4.78 is 4.27. The van der Waals surface area contributed by atoms with Gasteiger partial charge in [0, 0.05) is 17.5 Å². The normalized spacial score (nSPS) is 19.4. The van der Waals surface area contributed by atoms with Crippen LogP contribution in [-0.2, 0) is 4.84 Å².